The molecule has 0 bridgehead atoms. The van der Waals surface area contributed by atoms with Crippen LogP contribution in [0.2, 0.25) is 0 Å². The number of carbonyl (C=O) groups is 2. The SMILES string of the molecule is CCC(C)(C)C(=O)N[C@@H](C)CC(=O)OC. The fourth-order valence-corrected chi connectivity index (χ4v) is 0.964. The van der Waals surface area contributed by atoms with Crippen LogP contribution in [-0.2, 0) is 14.3 Å². The molecule has 88 valence electrons. The van der Waals surface area contributed by atoms with Crippen LogP contribution in [0.5, 0.6) is 0 Å². The van der Waals surface area contributed by atoms with Gasteiger partial charge in [-0.25, -0.2) is 0 Å². The molecule has 0 heterocycles. The van der Waals surface area contributed by atoms with E-state index >= 15 is 0 Å². The zero-order valence-corrected chi connectivity index (χ0v) is 10.2. The first-order chi connectivity index (χ1) is 6.83. The molecule has 0 saturated carbocycles. The number of methoxy groups -OCH3 is 1. The predicted octanol–water partition coefficient (Wildman–Crippen LogP) is 1.49. The molecule has 0 saturated heterocycles. The van der Waals surface area contributed by atoms with Crippen LogP contribution >= 0.6 is 0 Å². The van der Waals surface area contributed by atoms with Crippen molar-refractivity contribution in [2.24, 2.45) is 5.41 Å². The van der Waals surface area contributed by atoms with Gasteiger partial charge in [0.05, 0.1) is 13.5 Å². The maximum Gasteiger partial charge on any atom is 0.307 e. The molecule has 0 aromatic rings. The van der Waals surface area contributed by atoms with Crippen molar-refractivity contribution in [1.82, 2.24) is 5.32 Å². The molecule has 4 nitrogen and oxygen atoms in total. The van der Waals surface area contributed by atoms with Gasteiger partial charge in [0.25, 0.3) is 0 Å². The highest BCUT2D eigenvalue weighted by Gasteiger charge is 2.26. The third-order valence-corrected chi connectivity index (χ3v) is 2.58. The second-order valence-corrected chi connectivity index (χ2v) is 4.39. The van der Waals surface area contributed by atoms with Crippen LogP contribution in [0.3, 0.4) is 0 Å². The highest BCUT2D eigenvalue weighted by molar-refractivity contribution is 5.82. The number of amides is 1. The van der Waals surface area contributed by atoms with Gasteiger partial charge in [-0.3, -0.25) is 9.59 Å². The van der Waals surface area contributed by atoms with Gasteiger partial charge in [0.15, 0.2) is 0 Å². The van der Waals surface area contributed by atoms with Gasteiger partial charge in [-0.2, -0.15) is 0 Å². The largest absolute Gasteiger partial charge is 0.469 e. The Bertz CT molecular complexity index is 236. The van der Waals surface area contributed by atoms with Crippen LogP contribution in [0.15, 0.2) is 0 Å². The fourth-order valence-electron chi connectivity index (χ4n) is 0.964. The molecule has 1 atom stereocenters. The van der Waals surface area contributed by atoms with Crippen molar-refractivity contribution in [3.8, 4) is 0 Å². The molecule has 1 amide bonds. The molecule has 0 radical (unpaired) electrons. The van der Waals surface area contributed by atoms with Crippen LogP contribution in [-0.4, -0.2) is 25.0 Å². The van der Waals surface area contributed by atoms with Gasteiger partial charge >= 0.3 is 5.97 Å². The minimum atomic E-state index is -0.385. The Labute approximate surface area is 91.4 Å². The maximum atomic E-state index is 11.7. The second-order valence-electron chi connectivity index (χ2n) is 4.39. The van der Waals surface area contributed by atoms with E-state index in [9.17, 15) is 9.59 Å². The summed E-state index contributed by atoms with van der Waals surface area (Å²) < 4.78 is 4.52. The lowest BCUT2D eigenvalue weighted by molar-refractivity contribution is -0.141. The Hall–Kier alpha value is -1.06. The van der Waals surface area contributed by atoms with Crippen molar-refractivity contribution < 1.29 is 14.3 Å². The fraction of sp³-hybridized carbons (Fsp3) is 0.818. The van der Waals surface area contributed by atoms with Crippen LogP contribution in [0.4, 0.5) is 0 Å². The average Bonchev–Trinajstić information content (AvgIpc) is 2.17. The van der Waals surface area contributed by atoms with Gasteiger partial charge in [0, 0.05) is 11.5 Å². The molecular formula is C11H21NO3. The lowest BCUT2D eigenvalue weighted by Gasteiger charge is -2.24. The van der Waals surface area contributed by atoms with E-state index in [-0.39, 0.29) is 29.8 Å². The minimum Gasteiger partial charge on any atom is -0.469 e. The van der Waals surface area contributed by atoms with E-state index in [4.69, 9.17) is 0 Å². The first-order valence-corrected chi connectivity index (χ1v) is 5.21. The molecule has 15 heavy (non-hydrogen) atoms. The zero-order chi connectivity index (χ0) is 12.1. The van der Waals surface area contributed by atoms with Crippen molar-refractivity contribution in [1.29, 1.82) is 0 Å². The van der Waals surface area contributed by atoms with Gasteiger partial charge in [-0.1, -0.05) is 20.8 Å². The van der Waals surface area contributed by atoms with E-state index in [1.165, 1.54) is 7.11 Å². The summed E-state index contributed by atoms with van der Waals surface area (Å²) in [6.07, 6.45) is 0.978. The molecule has 0 aromatic carbocycles. The molecule has 0 aliphatic carbocycles. The number of nitrogens with one attached hydrogen (secondary N) is 1. The Morgan fingerprint density at radius 2 is 1.93 bits per heavy atom. The van der Waals surface area contributed by atoms with Crippen molar-refractivity contribution in [2.45, 2.75) is 46.6 Å². The Morgan fingerprint density at radius 1 is 1.40 bits per heavy atom. The maximum absolute atomic E-state index is 11.7. The summed E-state index contributed by atoms with van der Waals surface area (Å²) in [6.45, 7) is 7.52. The number of esters is 1. The first-order valence-electron chi connectivity index (χ1n) is 5.21. The standard InChI is InChI=1S/C11H21NO3/c1-6-11(3,4)10(14)12-8(2)7-9(13)15-5/h8H,6-7H2,1-5H3,(H,12,14)/t8-/m0/s1. The summed E-state index contributed by atoms with van der Waals surface area (Å²) >= 11 is 0. The molecule has 0 aromatic heterocycles. The normalized spacial score (nSPS) is 13.1. The van der Waals surface area contributed by atoms with Gasteiger partial charge in [0.2, 0.25) is 5.91 Å². The lowest BCUT2D eigenvalue weighted by Crippen LogP contribution is -2.42. The van der Waals surface area contributed by atoms with Crippen LogP contribution in [0.25, 0.3) is 0 Å². The number of carbonyl (C=O) groups excluding carboxylic acids is 2. The second kappa shape index (κ2) is 5.73. The lowest BCUT2D eigenvalue weighted by atomic mass is 9.89. The monoisotopic (exact) mass is 215 g/mol. The van der Waals surface area contributed by atoms with Crippen molar-refractivity contribution >= 4 is 11.9 Å². The molecule has 0 rings (SSSR count). The quantitative estimate of drug-likeness (QED) is 0.707. The van der Waals surface area contributed by atoms with Gasteiger partial charge in [0.1, 0.15) is 0 Å². The molecule has 0 aliphatic heterocycles. The minimum absolute atomic E-state index is 0.0265. The number of rotatable bonds is 5. The van der Waals surface area contributed by atoms with E-state index in [0.29, 0.717) is 0 Å². The molecule has 1 N–H and O–H groups in total. The van der Waals surface area contributed by atoms with E-state index in [1.54, 1.807) is 6.92 Å². The van der Waals surface area contributed by atoms with Crippen molar-refractivity contribution in [3.63, 3.8) is 0 Å². The van der Waals surface area contributed by atoms with Crippen molar-refractivity contribution in [2.75, 3.05) is 7.11 Å². The number of ether oxygens (including phenoxy) is 1. The summed E-state index contributed by atoms with van der Waals surface area (Å²) in [5, 5.41) is 2.80. The zero-order valence-electron chi connectivity index (χ0n) is 10.2. The molecule has 0 fully saturated rings. The summed E-state index contributed by atoms with van der Waals surface area (Å²) in [4.78, 5) is 22.7. The number of hydrogen-bond acceptors (Lipinski definition) is 3. The Kier molecular flexibility index (Phi) is 5.33. The summed E-state index contributed by atoms with van der Waals surface area (Å²) in [7, 11) is 1.34. The van der Waals surface area contributed by atoms with E-state index in [2.05, 4.69) is 10.1 Å². The third kappa shape index (κ3) is 4.81. The van der Waals surface area contributed by atoms with E-state index in [0.717, 1.165) is 6.42 Å². The van der Waals surface area contributed by atoms with Gasteiger partial charge in [-0.05, 0) is 13.3 Å². The summed E-state index contributed by atoms with van der Waals surface area (Å²) in [6, 6.07) is -0.184. The molecular weight excluding hydrogens is 194 g/mol. The van der Waals surface area contributed by atoms with Gasteiger partial charge < -0.3 is 10.1 Å². The first kappa shape index (κ1) is 13.9. The van der Waals surface area contributed by atoms with Gasteiger partial charge in [-0.15, -0.1) is 0 Å². The Balaban J connectivity index is 4.13. The van der Waals surface area contributed by atoms with Crippen LogP contribution < -0.4 is 5.32 Å². The Morgan fingerprint density at radius 3 is 2.33 bits per heavy atom. The predicted molar refractivity (Wildman–Crippen MR) is 58.3 cm³/mol. The molecule has 0 unspecified atom stereocenters. The summed E-state index contributed by atoms with van der Waals surface area (Å²) in [5.41, 5.74) is -0.385. The average molecular weight is 215 g/mol. The molecule has 0 aliphatic rings. The topological polar surface area (TPSA) is 55.4 Å². The number of hydrogen-bond donors (Lipinski definition) is 1. The summed E-state index contributed by atoms with van der Waals surface area (Å²) in [5.74, 6) is -0.335. The third-order valence-electron chi connectivity index (χ3n) is 2.58. The van der Waals surface area contributed by atoms with E-state index in [1.807, 2.05) is 20.8 Å². The van der Waals surface area contributed by atoms with Crippen LogP contribution in [0.1, 0.15) is 40.5 Å². The van der Waals surface area contributed by atoms with E-state index < -0.39 is 0 Å². The highest BCUT2D eigenvalue weighted by Crippen LogP contribution is 2.19. The molecule has 0 spiro atoms. The highest BCUT2D eigenvalue weighted by atomic mass is 16.5. The van der Waals surface area contributed by atoms with Crippen LogP contribution in [0, 0.1) is 5.41 Å². The molecule has 4 heteroatoms. The smallest absolute Gasteiger partial charge is 0.307 e. The van der Waals surface area contributed by atoms with Crippen molar-refractivity contribution in [3.05, 3.63) is 0 Å².